The van der Waals surface area contributed by atoms with Crippen LogP contribution >= 0.6 is 11.3 Å². The number of anilines is 1. The van der Waals surface area contributed by atoms with Crippen molar-refractivity contribution in [1.29, 1.82) is 0 Å². The third kappa shape index (κ3) is 3.68. The maximum absolute atomic E-state index is 13.4. The second-order valence-corrected chi connectivity index (χ2v) is 8.24. The molecule has 0 aliphatic carbocycles. The first-order valence-electron chi connectivity index (χ1n) is 9.38. The second kappa shape index (κ2) is 7.77. The van der Waals surface area contributed by atoms with Crippen molar-refractivity contribution in [3.05, 3.63) is 48.0 Å². The van der Waals surface area contributed by atoms with Crippen LogP contribution in [-0.4, -0.2) is 50.8 Å². The van der Waals surface area contributed by atoms with Gasteiger partial charge in [0, 0.05) is 0 Å². The number of hydrogen-bond acceptors (Lipinski definition) is 5. The summed E-state index contributed by atoms with van der Waals surface area (Å²) in [6.45, 7) is 3.62. The number of hydrogen-bond donors (Lipinski definition) is 1. The number of aromatic nitrogens is 1. The SMILES string of the molecule is Cc1cccc2sc(N(CC[NH+](C)C)C(=O)[C@@H]3COc4ccccc4O3)nc12. The predicted molar refractivity (Wildman–Crippen MR) is 111 cm³/mol. The summed E-state index contributed by atoms with van der Waals surface area (Å²) >= 11 is 1.54. The number of likely N-dealkylation sites (N-methyl/N-ethyl adjacent to an activating group) is 1. The predicted octanol–water partition coefficient (Wildman–Crippen LogP) is 1.92. The molecule has 2 aromatic carbocycles. The van der Waals surface area contributed by atoms with E-state index in [0.717, 1.165) is 22.3 Å². The molecule has 1 aliphatic heterocycles. The Morgan fingerprint density at radius 1 is 1.21 bits per heavy atom. The Hall–Kier alpha value is -2.64. The van der Waals surface area contributed by atoms with Crippen molar-refractivity contribution in [1.82, 2.24) is 4.98 Å². The van der Waals surface area contributed by atoms with E-state index in [1.807, 2.05) is 49.4 Å². The van der Waals surface area contributed by atoms with Gasteiger partial charge < -0.3 is 14.4 Å². The third-order valence-electron chi connectivity index (χ3n) is 4.73. The number of ether oxygens (including phenoxy) is 2. The van der Waals surface area contributed by atoms with Gasteiger partial charge in [0.25, 0.3) is 5.91 Å². The fourth-order valence-corrected chi connectivity index (χ4v) is 4.22. The Kier molecular flexibility index (Phi) is 5.19. The van der Waals surface area contributed by atoms with Crippen molar-refractivity contribution in [3.8, 4) is 11.5 Å². The first-order valence-corrected chi connectivity index (χ1v) is 10.2. The van der Waals surface area contributed by atoms with E-state index in [-0.39, 0.29) is 12.5 Å². The summed E-state index contributed by atoms with van der Waals surface area (Å²) < 4.78 is 12.8. The number of para-hydroxylation sites is 3. The molecular formula is C21H24N3O3S+. The van der Waals surface area contributed by atoms with E-state index < -0.39 is 6.10 Å². The minimum Gasteiger partial charge on any atom is -0.485 e. The van der Waals surface area contributed by atoms with Crippen LogP contribution < -0.4 is 19.3 Å². The number of amides is 1. The zero-order valence-electron chi connectivity index (χ0n) is 16.3. The Morgan fingerprint density at radius 2 is 2.00 bits per heavy atom. The summed E-state index contributed by atoms with van der Waals surface area (Å²) in [5.41, 5.74) is 2.06. The van der Waals surface area contributed by atoms with Gasteiger partial charge in [-0.15, -0.1) is 0 Å². The highest BCUT2D eigenvalue weighted by molar-refractivity contribution is 7.22. The van der Waals surface area contributed by atoms with Gasteiger partial charge in [-0.25, -0.2) is 4.98 Å². The average molecular weight is 399 g/mol. The zero-order valence-corrected chi connectivity index (χ0v) is 17.1. The Morgan fingerprint density at radius 3 is 2.75 bits per heavy atom. The lowest BCUT2D eigenvalue weighted by atomic mass is 10.2. The highest BCUT2D eigenvalue weighted by Crippen LogP contribution is 2.34. The van der Waals surface area contributed by atoms with E-state index in [4.69, 9.17) is 14.5 Å². The molecule has 146 valence electrons. The summed E-state index contributed by atoms with van der Waals surface area (Å²) in [5.74, 6) is 1.16. The quantitative estimate of drug-likeness (QED) is 0.714. The van der Waals surface area contributed by atoms with E-state index in [1.165, 1.54) is 16.2 Å². The standard InChI is InChI=1S/C21H23N3O3S/c1-14-7-6-10-18-19(14)22-21(28-18)24(12-11-23(2)3)20(25)17-13-26-15-8-4-5-9-16(15)27-17/h4-10,17H,11-13H2,1-3H3/p+1/t17-/m0/s1. The molecule has 0 radical (unpaired) electrons. The number of fused-ring (bicyclic) bond motifs is 2. The molecule has 0 bridgehead atoms. The van der Waals surface area contributed by atoms with Crippen LogP contribution in [0.5, 0.6) is 11.5 Å². The van der Waals surface area contributed by atoms with Crippen LogP contribution in [0.2, 0.25) is 0 Å². The molecule has 1 aromatic heterocycles. The van der Waals surface area contributed by atoms with Crippen LogP contribution in [0.25, 0.3) is 10.2 Å². The molecule has 0 spiro atoms. The van der Waals surface area contributed by atoms with Gasteiger partial charge in [-0.3, -0.25) is 9.69 Å². The zero-order chi connectivity index (χ0) is 19.7. The largest absolute Gasteiger partial charge is 0.485 e. The monoisotopic (exact) mass is 398 g/mol. The minimum absolute atomic E-state index is 0.118. The fraction of sp³-hybridized carbons (Fsp3) is 0.333. The molecule has 3 aromatic rings. The molecular weight excluding hydrogens is 374 g/mol. The molecule has 0 saturated carbocycles. The smallest absolute Gasteiger partial charge is 0.273 e. The molecule has 1 atom stereocenters. The number of rotatable bonds is 5. The van der Waals surface area contributed by atoms with Crippen molar-refractivity contribution in [2.24, 2.45) is 0 Å². The van der Waals surface area contributed by atoms with Crippen LogP contribution in [0, 0.1) is 6.92 Å². The van der Waals surface area contributed by atoms with Crippen molar-refractivity contribution >= 4 is 32.6 Å². The van der Waals surface area contributed by atoms with E-state index >= 15 is 0 Å². The van der Waals surface area contributed by atoms with E-state index in [2.05, 4.69) is 14.1 Å². The Balaban J connectivity index is 1.63. The molecule has 1 aliphatic rings. The topological polar surface area (TPSA) is 56.1 Å². The number of carbonyl (C=O) groups excluding carboxylic acids is 1. The van der Waals surface area contributed by atoms with Crippen molar-refractivity contribution in [2.75, 3.05) is 38.7 Å². The van der Waals surface area contributed by atoms with Gasteiger partial charge in [-0.05, 0) is 30.7 Å². The van der Waals surface area contributed by atoms with Gasteiger partial charge in [0.15, 0.2) is 16.6 Å². The molecule has 0 unspecified atom stereocenters. The lowest BCUT2D eigenvalue weighted by Crippen LogP contribution is -3.06. The number of carbonyl (C=O) groups is 1. The summed E-state index contributed by atoms with van der Waals surface area (Å²) in [6.07, 6.45) is -0.680. The van der Waals surface area contributed by atoms with Gasteiger partial charge in [-0.2, -0.15) is 0 Å². The van der Waals surface area contributed by atoms with Crippen molar-refractivity contribution in [3.63, 3.8) is 0 Å². The van der Waals surface area contributed by atoms with E-state index in [1.54, 1.807) is 4.90 Å². The Labute approximate surface area is 168 Å². The molecule has 7 heteroatoms. The van der Waals surface area contributed by atoms with Crippen LogP contribution in [0.1, 0.15) is 5.56 Å². The minimum atomic E-state index is -0.680. The first kappa shape index (κ1) is 18.7. The van der Waals surface area contributed by atoms with E-state index in [0.29, 0.717) is 23.2 Å². The number of benzene rings is 2. The second-order valence-electron chi connectivity index (χ2n) is 7.23. The number of nitrogens with zero attached hydrogens (tertiary/aromatic N) is 2. The highest BCUT2D eigenvalue weighted by Gasteiger charge is 2.33. The maximum atomic E-state index is 13.4. The lowest BCUT2D eigenvalue weighted by molar-refractivity contribution is -0.856. The van der Waals surface area contributed by atoms with Gasteiger partial charge in [0.1, 0.15) is 6.61 Å². The van der Waals surface area contributed by atoms with E-state index in [9.17, 15) is 4.79 Å². The molecule has 4 rings (SSSR count). The maximum Gasteiger partial charge on any atom is 0.273 e. The van der Waals surface area contributed by atoms with Crippen LogP contribution in [-0.2, 0) is 4.79 Å². The molecule has 2 heterocycles. The molecule has 1 amide bonds. The first-order chi connectivity index (χ1) is 13.5. The van der Waals surface area contributed by atoms with Crippen molar-refractivity contribution < 1.29 is 19.2 Å². The summed E-state index contributed by atoms with van der Waals surface area (Å²) in [7, 11) is 4.14. The average Bonchev–Trinajstić information content (AvgIpc) is 3.12. The van der Waals surface area contributed by atoms with Crippen LogP contribution in [0.4, 0.5) is 5.13 Å². The normalized spacial score (nSPS) is 15.8. The lowest BCUT2D eigenvalue weighted by Gasteiger charge is -2.29. The van der Waals surface area contributed by atoms with Crippen molar-refractivity contribution in [2.45, 2.75) is 13.0 Å². The summed E-state index contributed by atoms with van der Waals surface area (Å²) in [4.78, 5) is 21.1. The number of nitrogens with one attached hydrogen (secondary N) is 1. The molecule has 0 saturated heterocycles. The number of quaternary nitrogens is 1. The number of thiazole rings is 1. The summed E-state index contributed by atoms with van der Waals surface area (Å²) in [6, 6.07) is 13.5. The van der Waals surface area contributed by atoms with Gasteiger partial charge in [0.05, 0.1) is 37.4 Å². The fourth-order valence-electron chi connectivity index (χ4n) is 3.14. The molecule has 1 N–H and O–H groups in total. The van der Waals surface area contributed by atoms with Gasteiger partial charge in [0.2, 0.25) is 6.10 Å². The van der Waals surface area contributed by atoms with Gasteiger partial charge >= 0.3 is 0 Å². The van der Waals surface area contributed by atoms with Crippen LogP contribution in [0.15, 0.2) is 42.5 Å². The molecule has 6 nitrogen and oxygen atoms in total. The molecule has 0 fully saturated rings. The van der Waals surface area contributed by atoms with Gasteiger partial charge in [-0.1, -0.05) is 35.6 Å². The Bertz CT molecular complexity index is 1000. The number of aryl methyl sites for hydroxylation is 1. The summed E-state index contributed by atoms with van der Waals surface area (Å²) in [5, 5.41) is 0.706. The molecule has 28 heavy (non-hydrogen) atoms. The highest BCUT2D eigenvalue weighted by atomic mass is 32.1. The van der Waals surface area contributed by atoms with Crippen LogP contribution in [0.3, 0.4) is 0 Å². The third-order valence-corrected chi connectivity index (χ3v) is 5.77.